The van der Waals surface area contributed by atoms with Crippen LogP contribution in [0, 0.1) is 18.8 Å². The van der Waals surface area contributed by atoms with E-state index in [0.717, 1.165) is 11.3 Å². The van der Waals surface area contributed by atoms with Gasteiger partial charge in [0.15, 0.2) is 11.5 Å². The molecule has 0 aliphatic heterocycles. The lowest BCUT2D eigenvalue weighted by molar-refractivity contribution is 0.0941. The van der Waals surface area contributed by atoms with E-state index in [1.165, 1.54) is 8.92 Å². The topological polar surface area (TPSA) is 138 Å². The van der Waals surface area contributed by atoms with Crippen molar-refractivity contribution >= 4 is 23.0 Å². The van der Waals surface area contributed by atoms with Crippen LogP contribution in [0.3, 0.4) is 0 Å². The van der Waals surface area contributed by atoms with Gasteiger partial charge in [-0.15, -0.1) is 5.10 Å². The van der Waals surface area contributed by atoms with E-state index in [4.69, 9.17) is 10.7 Å². The van der Waals surface area contributed by atoms with Crippen molar-refractivity contribution in [2.75, 3.05) is 5.73 Å². The van der Waals surface area contributed by atoms with Gasteiger partial charge < -0.3 is 11.1 Å². The van der Waals surface area contributed by atoms with Crippen molar-refractivity contribution in [1.29, 1.82) is 0 Å². The molecule has 0 saturated heterocycles. The lowest BCUT2D eigenvalue weighted by Crippen LogP contribution is -2.31. The Morgan fingerprint density at radius 2 is 1.88 bits per heavy atom. The van der Waals surface area contributed by atoms with Crippen LogP contribution in [-0.2, 0) is 7.05 Å². The van der Waals surface area contributed by atoms with Crippen LogP contribution >= 0.6 is 0 Å². The number of rotatable bonds is 4. The fourth-order valence-electron chi connectivity index (χ4n) is 4.70. The van der Waals surface area contributed by atoms with Gasteiger partial charge in [0.2, 0.25) is 0 Å². The predicted molar refractivity (Wildman–Crippen MR) is 154 cm³/mol. The molecule has 5 aromatic heterocycles. The Kier molecular flexibility index (Phi) is 6.28. The molecule has 1 atom stereocenters. The Morgan fingerprint density at radius 1 is 1.07 bits per heavy atom. The quantitative estimate of drug-likeness (QED) is 0.326. The maximum Gasteiger partial charge on any atom is 0.267 e. The van der Waals surface area contributed by atoms with Gasteiger partial charge in [0.05, 0.1) is 34.8 Å². The van der Waals surface area contributed by atoms with Gasteiger partial charge in [-0.25, -0.2) is 14.5 Å². The molecular weight excluding hydrogens is 518 g/mol. The van der Waals surface area contributed by atoms with Gasteiger partial charge in [0, 0.05) is 19.4 Å². The molecule has 1 aromatic carbocycles. The molecule has 41 heavy (non-hydrogen) atoms. The van der Waals surface area contributed by atoms with Gasteiger partial charge in [-0.05, 0) is 43.5 Å². The highest BCUT2D eigenvalue weighted by molar-refractivity contribution is 6.04. The summed E-state index contributed by atoms with van der Waals surface area (Å²) in [5.41, 5.74) is 10.2. The molecule has 11 nitrogen and oxygen atoms in total. The number of nitrogen functional groups attached to an aromatic ring is 1. The maximum absolute atomic E-state index is 14.2. The molecule has 0 aliphatic rings. The monoisotopic (exact) mass is 543 g/mol. The van der Waals surface area contributed by atoms with Crippen molar-refractivity contribution in [1.82, 2.24) is 39.1 Å². The Bertz CT molecular complexity index is 2080. The number of hydrogen-bond acceptors (Lipinski definition) is 7. The summed E-state index contributed by atoms with van der Waals surface area (Å²) < 4.78 is 4.68. The normalized spacial score (nSPS) is 11.8. The fourth-order valence-corrected chi connectivity index (χ4v) is 4.70. The van der Waals surface area contributed by atoms with E-state index in [1.54, 1.807) is 54.5 Å². The molecule has 202 valence electrons. The highest BCUT2D eigenvalue weighted by Gasteiger charge is 2.25. The number of amides is 1. The van der Waals surface area contributed by atoms with Crippen LogP contribution in [0.5, 0.6) is 0 Å². The molecule has 0 spiro atoms. The second kappa shape index (κ2) is 10.1. The summed E-state index contributed by atoms with van der Waals surface area (Å²) in [5, 5.41) is 11.4. The molecule has 11 heteroatoms. The molecule has 0 bridgehead atoms. The van der Waals surface area contributed by atoms with Gasteiger partial charge in [-0.3, -0.25) is 18.7 Å². The Hall–Kier alpha value is -5.76. The summed E-state index contributed by atoms with van der Waals surface area (Å²) in [6.45, 7) is 3.70. The van der Waals surface area contributed by atoms with Gasteiger partial charge in [-0.2, -0.15) is 5.10 Å². The second-order valence-corrected chi connectivity index (χ2v) is 9.51. The minimum atomic E-state index is -0.666. The predicted octanol–water partition coefficient (Wildman–Crippen LogP) is 2.92. The summed E-state index contributed by atoms with van der Waals surface area (Å²) in [7, 11) is 1.85. The average molecular weight is 544 g/mol. The summed E-state index contributed by atoms with van der Waals surface area (Å²) in [6.07, 6.45) is 4.92. The second-order valence-electron chi connectivity index (χ2n) is 9.51. The average Bonchev–Trinajstić information content (AvgIpc) is 3.49. The zero-order valence-corrected chi connectivity index (χ0v) is 22.5. The number of nitrogens with two attached hydrogens (primary N) is 1. The summed E-state index contributed by atoms with van der Waals surface area (Å²) in [4.78, 5) is 36.7. The first kappa shape index (κ1) is 25.5. The molecule has 0 saturated carbocycles. The third-order valence-corrected chi connectivity index (χ3v) is 6.91. The number of anilines is 1. The third kappa shape index (κ3) is 4.47. The van der Waals surface area contributed by atoms with Crippen LogP contribution in [0.4, 0.5) is 5.82 Å². The number of aryl methyl sites for hydroxylation is 1. The number of nitrogens with one attached hydrogen (secondary N) is 1. The number of nitrogens with zero attached hydrogens (tertiary/aromatic N) is 7. The number of aromatic nitrogens is 7. The first-order valence-corrected chi connectivity index (χ1v) is 12.8. The summed E-state index contributed by atoms with van der Waals surface area (Å²) >= 11 is 0. The Labute approximate surface area is 234 Å². The minimum absolute atomic E-state index is 0.0512. The van der Waals surface area contributed by atoms with E-state index < -0.39 is 11.9 Å². The number of hydrogen-bond donors (Lipinski definition) is 2. The first-order valence-electron chi connectivity index (χ1n) is 12.8. The van der Waals surface area contributed by atoms with Gasteiger partial charge >= 0.3 is 0 Å². The fraction of sp³-hybridized carbons (Fsp3) is 0.133. The number of fused-ring (bicyclic) bond motifs is 2. The summed E-state index contributed by atoms with van der Waals surface area (Å²) in [5.74, 6) is 5.82. The Morgan fingerprint density at radius 3 is 2.63 bits per heavy atom. The van der Waals surface area contributed by atoms with E-state index in [1.807, 2.05) is 44.3 Å². The van der Waals surface area contributed by atoms with Gasteiger partial charge in [0.1, 0.15) is 16.9 Å². The van der Waals surface area contributed by atoms with E-state index >= 15 is 0 Å². The van der Waals surface area contributed by atoms with E-state index in [0.29, 0.717) is 33.8 Å². The van der Waals surface area contributed by atoms with Crippen molar-refractivity contribution in [3.05, 3.63) is 112 Å². The molecule has 5 heterocycles. The molecule has 1 amide bonds. The van der Waals surface area contributed by atoms with E-state index in [-0.39, 0.29) is 16.9 Å². The molecule has 0 aliphatic carbocycles. The summed E-state index contributed by atoms with van der Waals surface area (Å²) in [6, 6.07) is 15.6. The van der Waals surface area contributed by atoms with Crippen molar-refractivity contribution < 1.29 is 4.79 Å². The highest BCUT2D eigenvalue weighted by atomic mass is 16.2. The van der Waals surface area contributed by atoms with Crippen molar-refractivity contribution in [3.63, 3.8) is 0 Å². The van der Waals surface area contributed by atoms with Crippen molar-refractivity contribution in [2.45, 2.75) is 19.9 Å². The van der Waals surface area contributed by atoms with Crippen molar-refractivity contribution in [3.8, 4) is 23.0 Å². The zero-order valence-electron chi connectivity index (χ0n) is 22.5. The molecule has 3 N–H and O–H groups in total. The third-order valence-electron chi connectivity index (χ3n) is 6.91. The van der Waals surface area contributed by atoms with Crippen LogP contribution in [-0.4, -0.2) is 39.7 Å². The lowest BCUT2D eigenvalue weighted by atomic mass is 10.0. The zero-order chi connectivity index (χ0) is 28.7. The molecule has 6 aromatic rings. The number of carbonyl (C=O) groups is 1. The minimum Gasteiger partial charge on any atom is -0.381 e. The molecule has 6 rings (SSSR count). The van der Waals surface area contributed by atoms with Crippen LogP contribution in [0.2, 0.25) is 0 Å². The maximum atomic E-state index is 14.2. The molecule has 0 radical (unpaired) electrons. The van der Waals surface area contributed by atoms with Crippen LogP contribution in [0.1, 0.15) is 46.0 Å². The number of pyridine rings is 1. The Balaban J connectivity index is 1.48. The molecule has 0 fully saturated rings. The van der Waals surface area contributed by atoms with Crippen LogP contribution < -0.4 is 16.6 Å². The van der Waals surface area contributed by atoms with E-state index in [9.17, 15) is 9.59 Å². The van der Waals surface area contributed by atoms with Gasteiger partial charge in [0.25, 0.3) is 11.5 Å². The lowest BCUT2D eigenvalue weighted by Gasteiger charge is -2.18. The molecule has 1 unspecified atom stereocenters. The standard InChI is InChI=1S/C30H25N9O2/c1-18(34-29(40)25-27(31)36-38-16-8-15-32-28(25)38)26-24(20-9-5-4-6-10-20)30(41)39-22(11-7-12-23(39)35-26)14-13-21-17-33-37(3)19(21)2/h4-12,15-18H,1-3H3,(H2,31,36)(H,34,40). The first-order chi connectivity index (χ1) is 19.8. The largest absolute Gasteiger partial charge is 0.381 e. The number of carbonyl (C=O) groups excluding carboxylic acids is 1. The van der Waals surface area contributed by atoms with Crippen LogP contribution in [0.25, 0.3) is 22.4 Å². The molecular formula is C30H25N9O2. The van der Waals surface area contributed by atoms with Crippen molar-refractivity contribution in [2.24, 2.45) is 7.05 Å². The SMILES string of the molecule is Cc1c(C#Cc2cccc3nc(C(C)NC(=O)c4c(N)nn5cccnc45)c(-c4ccccc4)c(=O)n23)cnn1C. The van der Waals surface area contributed by atoms with Gasteiger partial charge in [-0.1, -0.05) is 42.3 Å². The highest BCUT2D eigenvalue weighted by Crippen LogP contribution is 2.26. The van der Waals surface area contributed by atoms with Crippen LogP contribution in [0.15, 0.2) is 78.0 Å². The number of benzene rings is 1. The smallest absolute Gasteiger partial charge is 0.267 e. The van der Waals surface area contributed by atoms with E-state index in [2.05, 4.69) is 32.3 Å².